The summed E-state index contributed by atoms with van der Waals surface area (Å²) in [6, 6.07) is 11.5. The van der Waals surface area contributed by atoms with E-state index in [0.717, 1.165) is 5.56 Å². The van der Waals surface area contributed by atoms with Gasteiger partial charge in [-0.2, -0.15) is 4.31 Å². The van der Waals surface area contributed by atoms with Crippen LogP contribution in [-0.2, 0) is 19.6 Å². The lowest BCUT2D eigenvalue weighted by molar-refractivity contribution is -0.116. The fourth-order valence-electron chi connectivity index (χ4n) is 3.54. The molecule has 1 aliphatic heterocycles. The Morgan fingerprint density at radius 3 is 2.52 bits per heavy atom. The highest BCUT2D eigenvalue weighted by atomic mass is 35.5. The van der Waals surface area contributed by atoms with Crippen LogP contribution in [0.2, 0.25) is 5.02 Å². The summed E-state index contributed by atoms with van der Waals surface area (Å²) in [6.45, 7) is 5.01. The Bertz CT molecular complexity index is 1120. The normalized spacial score (nSPS) is 14.6. The smallest absolute Gasteiger partial charge is 0.254 e. The molecule has 8 nitrogen and oxygen atoms in total. The zero-order valence-electron chi connectivity index (χ0n) is 18.7. The summed E-state index contributed by atoms with van der Waals surface area (Å²) in [4.78, 5) is 27.1. The molecule has 0 aromatic heterocycles. The third-order valence-electron chi connectivity index (χ3n) is 5.30. The number of halogens is 1. The molecule has 3 rings (SSSR count). The second kappa shape index (κ2) is 11.1. The molecule has 0 unspecified atom stereocenters. The number of carbonyl (C=O) groups is 2. The molecule has 1 fully saturated rings. The lowest BCUT2D eigenvalue weighted by atomic mass is 10.2. The number of nitrogens with one attached hydrogen (secondary N) is 1. The number of anilines is 1. The number of nitrogens with zero attached hydrogens (tertiary/aromatic N) is 2. The summed E-state index contributed by atoms with van der Waals surface area (Å²) in [5, 5.41) is 2.86. The van der Waals surface area contributed by atoms with Gasteiger partial charge in [-0.05, 0) is 43.2 Å². The van der Waals surface area contributed by atoms with Gasteiger partial charge >= 0.3 is 0 Å². The highest BCUT2D eigenvalue weighted by molar-refractivity contribution is 7.89. The van der Waals surface area contributed by atoms with E-state index in [0.29, 0.717) is 31.9 Å². The zero-order chi connectivity index (χ0) is 24.0. The standard InChI is InChI=1S/C23H28ClN3O5S/c1-3-10-26(16-22(28)25-20-7-5-4-6-17(20)2)23(29)18-8-9-19(24)21(15-18)33(30,31)27-11-13-32-14-12-27/h4-9,15H,3,10-14,16H2,1-2H3,(H,25,28). The van der Waals surface area contributed by atoms with Gasteiger partial charge < -0.3 is 15.0 Å². The Hall–Kier alpha value is -2.46. The molecule has 1 aliphatic rings. The lowest BCUT2D eigenvalue weighted by Crippen LogP contribution is -2.41. The Kier molecular flexibility index (Phi) is 8.47. The fourth-order valence-corrected chi connectivity index (χ4v) is 5.45. The molecule has 0 bridgehead atoms. The molecule has 33 heavy (non-hydrogen) atoms. The molecule has 0 radical (unpaired) electrons. The quantitative estimate of drug-likeness (QED) is 0.609. The number of rotatable bonds is 8. The van der Waals surface area contributed by atoms with Gasteiger partial charge in [0.15, 0.2) is 0 Å². The number of sulfonamides is 1. The summed E-state index contributed by atoms with van der Waals surface area (Å²) >= 11 is 6.21. The predicted octanol–water partition coefficient (Wildman–Crippen LogP) is 3.16. The average Bonchev–Trinajstić information content (AvgIpc) is 2.80. The van der Waals surface area contributed by atoms with Crippen LogP contribution in [0.3, 0.4) is 0 Å². The van der Waals surface area contributed by atoms with Crippen LogP contribution in [0.4, 0.5) is 5.69 Å². The van der Waals surface area contributed by atoms with E-state index in [9.17, 15) is 18.0 Å². The van der Waals surface area contributed by atoms with E-state index in [1.165, 1.54) is 27.4 Å². The van der Waals surface area contributed by atoms with E-state index in [2.05, 4.69) is 5.32 Å². The third-order valence-corrected chi connectivity index (χ3v) is 7.68. The number of para-hydroxylation sites is 1. The molecule has 0 aliphatic carbocycles. The van der Waals surface area contributed by atoms with E-state index in [1.807, 2.05) is 32.0 Å². The maximum absolute atomic E-state index is 13.2. The summed E-state index contributed by atoms with van der Waals surface area (Å²) in [7, 11) is -3.88. The minimum Gasteiger partial charge on any atom is -0.379 e. The van der Waals surface area contributed by atoms with Gasteiger partial charge in [-0.15, -0.1) is 0 Å². The predicted molar refractivity (Wildman–Crippen MR) is 127 cm³/mol. The molecule has 2 aromatic rings. The fraction of sp³-hybridized carbons (Fsp3) is 0.391. The summed E-state index contributed by atoms with van der Waals surface area (Å²) in [6.07, 6.45) is 0.635. The molecular weight excluding hydrogens is 466 g/mol. The monoisotopic (exact) mass is 493 g/mol. The van der Waals surface area contributed by atoms with E-state index in [-0.39, 0.29) is 41.0 Å². The Morgan fingerprint density at radius 2 is 1.85 bits per heavy atom. The number of benzene rings is 2. The van der Waals surface area contributed by atoms with Crippen LogP contribution in [-0.4, -0.2) is 68.8 Å². The number of ether oxygens (including phenoxy) is 1. The van der Waals surface area contributed by atoms with Gasteiger partial charge in [0, 0.05) is 30.9 Å². The first-order chi connectivity index (χ1) is 15.7. The van der Waals surface area contributed by atoms with Crippen molar-refractivity contribution in [2.75, 3.05) is 44.7 Å². The number of hydrogen-bond acceptors (Lipinski definition) is 5. The van der Waals surface area contributed by atoms with Gasteiger partial charge in [-0.25, -0.2) is 8.42 Å². The first-order valence-corrected chi connectivity index (χ1v) is 12.6. The van der Waals surface area contributed by atoms with Crippen LogP contribution in [0, 0.1) is 6.92 Å². The van der Waals surface area contributed by atoms with Crippen LogP contribution in [0.5, 0.6) is 0 Å². The number of amides is 2. The van der Waals surface area contributed by atoms with Gasteiger partial charge in [0.2, 0.25) is 15.9 Å². The molecule has 2 amide bonds. The van der Waals surface area contributed by atoms with Gasteiger partial charge in [-0.3, -0.25) is 9.59 Å². The minimum absolute atomic E-state index is 0.0392. The Morgan fingerprint density at radius 1 is 1.15 bits per heavy atom. The van der Waals surface area contributed by atoms with E-state index in [4.69, 9.17) is 16.3 Å². The third kappa shape index (κ3) is 6.11. The van der Waals surface area contributed by atoms with Crippen molar-refractivity contribution in [3.05, 3.63) is 58.6 Å². The van der Waals surface area contributed by atoms with E-state index < -0.39 is 15.9 Å². The molecule has 1 heterocycles. The number of hydrogen-bond donors (Lipinski definition) is 1. The molecule has 0 atom stereocenters. The lowest BCUT2D eigenvalue weighted by Gasteiger charge is -2.27. The Balaban J connectivity index is 1.81. The van der Waals surface area contributed by atoms with Gasteiger partial charge in [-0.1, -0.05) is 36.7 Å². The molecule has 0 spiro atoms. The topological polar surface area (TPSA) is 96.0 Å². The minimum atomic E-state index is -3.88. The van der Waals surface area contributed by atoms with Crippen LogP contribution >= 0.6 is 11.6 Å². The van der Waals surface area contributed by atoms with Crippen molar-refractivity contribution in [3.63, 3.8) is 0 Å². The van der Waals surface area contributed by atoms with Crippen molar-refractivity contribution in [3.8, 4) is 0 Å². The van der Waals surface area contributed by atoms with E-state index in [1.54, 1.807) is 6.07 Å². The molecule has 2 aromatic carbocycles. The van der Waals surface area contributed by atoms with Gasteiger partial charge in [0.05, 0.1) is 18.2 Å². The molecule has 10 heteroatoms. The highest BCUT2D eigenvalue weighted by Crippen LogP contribution is 2.27. The second-order valence-corrected chi connectivity index (χ2v) is 10.1. The van der Waals surface area contributed by atoms with Crippen LogP contribution in [0.1, 0.15) is 29.3 Å². The van der Waals surface area contributed by atoms with Crippen molar-refractivity contribution >= 4 is 39.1 Å². The van der Waals surface area contributed by atoms with Crippen molar-refractivity contribution in [1.29, 1.82) is 0 Å². The maximum atomic E-state index is 13.2. The molecule has 1 saturated heterocycles. The van der Waals surface area contributed by atoms with Crippen LogP contribution in [0.25, 0.3) is 0 Å². The molecular formula is C23H28ClN3O5S. The SMILES string of the molecule is CCCN(CC(=O)Nc1ccccc1C)C(=O)c1ccc(Cl)c(S(=O)(=O)N2CCOCC2)c1. The molecule has 178 valence electrons. The van der Waals surface area contributed by atoms with Crippen LogP contribution in [0.15, 0.2) is 47.4 Å². The van der Waals surface area contributed by atoms with E-state index >= 15 is 0 Å². The summed E-state index contributed by atoms with van der Waals surface area (Å²) in [5.74, 6) is -0.770. The number of aryl methyl sites for hydroxylation is 1. The summed E-state index contributed by atoms with van der Waals surface area (Å²) < 4.78 is 32.7. The Labute approximate surface area is 199 Å². The molecule has 0 saturated carbocycles. The van der Waals surface area contributed by atoms with Crippen molar-refractivity contribution in [2.45, 2.75) is 25.2 Å². The highest BCUT2D eigenvalue weighted by Gasteiger charge is 2.30. The maximum Gasteiger partial charge on any atom is 0.254 e. The first kappa shape index (κ1) is 25.2. The van der Waals surface area contributed by atoms with Crippen molar-refractivity contribution in [2.24, 2.45) is 0 Å². The summed E-state index contributed by atoms with van der Waals surface area (Å²) in [5.41, 5.74) is 1.75. The first-order valence-electron chi connectivity index (χ1n) is 10.8. The number of morpholine rings is 1. The van der Waals surface area contributed by atoms with Crippen molar-refractivity contribution in [1.82, 2.24) is 9.21 Å². The second-order valence-electron chi connectivity index (χ2n) is 7.75. The van der Waals surface area contributed by atoms with Crippen molar-refractivity contribution < 1.29 is 22.7 Å². The molecule has 1 N–H and O–H groups in total. The van der Waals surface area contributed by atoms with Gasteiger partial charge in [0.1, 0.15) is 11.4 Å². The average molecular weight is 494 g/mol. The van der Waals surface area contributed by atoms with Crippen LogP contribution < -0.4 is 5.32 Å². The number of carbonyl (C=O) groups excluding carboxylic acids is 2. The van der Waals surface area contributed by atoms with Gasteiger partial charge in [0.25, 0.3) is 5.91 Å². The largest absolute Gasteiger partial charge is 0.379 e. The zero-order valence-corrected chi connectivity index (χ0v) is 20.3.